The topological polar surface area (TPSA) is 268 Å². The molecule has 0 amide bonds. The molecule has 0 bridgehead atoms. The van der Waals surface area contributed by atoms with Crippen molar-refractivity contribution in [1.82, 2.24) is 34.1 Å². The number of nitrogens with one attached hydrogen (secondary N) is 1. The Kier molecular flexibility index (Phi) is 10.6. The summed E-state index contributed by atoms with van der Waals surface area (Å²) in [5.41, 5.74) is 0.176. The van der Waals surface area contributed by atoms with Gasteiger partial charge in [-0.05, 0) is 6.92 Å². The van der Waals surface area contributed by atoms with Crippen molar-refractivity contribution in [3.63, 3.8) is 0 Å². The van der Waals surface area contributed by atoms with Gasteiger partial charge in [0.25, 0.3) is 5.56 Å². The highest BCUT2D eigenvalue weighted by Gasteiger charge is 2.50. The fourth-order valence-corrected chi connectivity index (χ4v) is 7.15. The number of H-pyrrole nitrogens is 1. The van der Waals surface area contributed by atoms with Crippen molar-refractivity contribution in [3.05, 3.63) is 68.8 Å². The summed E-state index contributed by atoms with van der Waals surface area (Å²) in [7, 11) is 1.29. The average molecular weight is 737 g/mol. The molecule has 6 rings (SSSR count). The minimum atomic E-state index is -4.24. The van der Waals surface area contributed by atoms with E-state index in [0.29, 0.717) is 16.9 Å². The summed E-state index contributed by atoms with van der Waals surface area (Å²) < 4.78 is 44.3. The molecule has 4 aromatic heterocycles. The van der Waals surface area contributed by atoms with Crippen LogP contribution in [-0.4, -0.2) is 112 Å². The van der Waals surface area contributed by atoms with Crippen LogP contribution in [0.1, 0.15) is 35.7 Å². The number of hydrogen-bond donors (Lipinski definition) is 6. The smallest absolute Gasteiger partial charge is 0.386 e. The Bertz CT molecular complexity index is 2060. The summed E-state index contributed by atoms with van der Waals surface area (Å²) in [4.78, 5) is 47.2. The third-order valence-corrected chi connectivity index (χ3v) is 9.83. The van der Waals surface area contributed by atoms with Crippen LogP contribution in [0.3, 0.4) is 0 Å². The predicted octanol–water partition coefficient (Wildman–Crippen LogP) is 0.0212. The lowest BCUT2D eigenvalue weighted by atomic mass is 10.1. The summed E-state index contributed by atoms with van der Waals surface area (Å²) in [5.74, 6) is 0.0289. The molecule has 0 aromatic carbocycles. The number of hydrogen-bond acceptors (Lipinski definition) is 17. The number of rotatable bonds is 12. The van der Waals surface area contributed by atoms with Gasteiger partial charge in [0.05, 0.1) is 37.9 Å². The van der Waals surface area contributed by atoms with Crippen LogP contribution in [0.15, 0.2) is 45.7 Å². The van der Waals surface area contributed by atoms with Gasteiger partial charge in [-0.3, -0.25) is 32.9 Å². The first-order valence-corrected chi connectivity index (χ1v) is 17.7. The molecule has 20 nitrogen and oxygen atoms in total. The van der Waals surface area contributed by atoms with E-state index in [9.17, 15) is 34.6 Å². The molecule has 0 spiro atoms. The first-order valence-electron chi connectivity index (χ1n) is 15.0. The van der Waals surface area contributed by atoms with Gasteiger partial charge >= 0.3 is 12.5 Å². The van der Waals surface area contributed by atoms with Crippen LogP contribution in [-0.2, 0) is 34.4 Å². The Morgan fingerprint density at radius 1 is 1.16 bits per heavy atom. The van der Waals surface area contributed by atoms with Crippen molar-refractivity contribution in [2.24, 2.45) is 4.99 Å². The molecule has 50 heavy (non-hydrogen) atoms. The molecule has 2 aliphatic rings. The van der Waals surface area contributed by atoms with Gasteiger partial charge in [-0.2, -0.15) is 0 Å². The molecule has 2 fully saturated rings. The second-order valence-corrected chi connectivity index (χ2v) is 14.2. The molecule has 2 aliphatic heterocycles. The molecular formula is C28H33N8O12PS. The maximum atomic E-state index is 13.4. The van der Waals surface area contributed by atoms with Gasteiger partial charge < -0.3 is 34.6 Å². The number of imidazole rings is 1. The lowest BCUT2D eigenvalue weighted by Crippen LogP contribution is -2.39. The highest BCUT2D eigenvalue weighted by molar-refractivity contribution is 8.44. The number of methoxy groups -OCH3 is 1. The number of fused-ring (bicyclic) bond motifs is 1. The Balaban J connectivity index is 1.13. The van der Waals surface area contributed by atoms with Crippen molar-refractivity contribution in [3.8, 4) is 5.75 Å². The zero-order chi connectivity index (χ0) is 35.7. The fourth-order valence-electron chi connectivity index (χ4n) is 5.67. The van der Waals surface area contributed by atoms with Crippen LogP contribution in [0.25, 0.3) is 11.2 Å². The number of aromatic hydroxyl groups is 1. The second kappa shape index (κ2) is 14.8. The summed E-state index contributed by atoms with van der Waals surface area (Å²) in [6.45, 7) is -4.03. The number of thiol groups is 1. The normalized spacial score (nSPS) is 26.6. The quantitative estimate of drug-likeness (QED) is 0.0636. The van der Waals surface area contributed by atoms with Gasteiger partial charge in [0.2, 0.25) is 0 Å². The number of nitrogens with zero attached hydrogens (tertiary/aromatic N) is 7. The van der Waals surface area contributed by atoms with E-state index in [1.807, 2.05) is 0 Å². The Morgan fingerprint density at radius 3 is 2.68 bits per heavy atom. The molecule has 4 aromatic rings. The molecule has 2 saturated heterocycles. The number of aryl methyl sites for hydroxylation is 1. The largest absolute Gasteiger partial charge is 0.505 e. The third kappa shape index (κ3) is 7.15. The van der Waals surface area contributed by atoms with Crippen molar-refractivity contribution < 1.29 is 48.2 Å². The van der Waals surface area contributed by atoms with Crippen LogP contribution in [0, 0.1) is 6.92 Å². The maximum absolute atomic E-state index is 13.4. The van der Waals surface area contributed by atoms with Gasteiger partial charge in [0, 0.05) is 49.3 Å². The van der Waals surface area contributed by atoms with E-state index >= 15 is 0 Å². The number of aliphatic imine (C=N–C) groups is 1. The molecule has 22 heteroatoms. The van der Waals surface area contributed by atoms with Gasteiger partial charge in [-0.25, -0.2) is 29.3 Å². The van der Waals surface area contributed by atoms with Crippen LogP contribution in [0.5, 0.6) is 5.75 Å². The lowest BCUT2D eigenvalue weighted by Gasteiger charge is -2.26. The number of ether oxygens (including phenoxy) is 3. The van der Waals surface area contributed by atoms with Gasteiger partial charge in [0.15, 0.2) is 23.2 Å². The molecule has 8 atom stereocenters. The van der Waals surface area contributed by atoms with Crippen molar-refractivity contribution in [2.45, 2.75) is 62.9 Å². The number of aliphatic hydroxyl groups excluding tert-OH is 3. The van der Waals surface area contributed by atoms with Crippen LogP contribution in [0.2, 0.25) is 0 Å². The van der Waals surface area contributed by atoms with E-state index in [2.05, 4.69) is 42.2 Å². The average Bonchev–Trinajstić information content (AvgIpc) is 3.79. The van der Waals surface area contributed by atoms with E-state index in [4.69, 9.17) is 23.3 Å². The predicted molar refractivity (Wildman–Crippen MR) is 174 cm³/mol. The molecule has 0 saturated carbocycles. The van der Waals surface area contributed by atoms with Gasteiger partial charge in [0.1, 0.15) is 42.7 Å². The number of aromatic nitrogens is 7. The van der Waals surface area contributed by atoms with E-state index in [0.717, 1.165) is 10.6 Å². The van der Waals surface area contributed by atoms with Gasteiger partial charge in [-0.15, -0.1) is 0 Å². The standard InChI is InChI=1S/C28H33N8O12PS/c1-13-22(41)15(14(8-37)6-29-13)7-30-25-21-26(32-11-31-25)36(12-33-21)20-5-16(39)18(46-20)10-45-49(43,50)48-23-17(9-38)47-27(24(23)44-2)35-4-3-19(40)34-28(35)42/h3-4,6-7,11-12,16-18,20,23-24,27,37-39,41H,5,8-10H2,1-2H3,(H,43,50)(H,34,40,42)/b30-7-/t16-,17-,18-,20-,23?,24+,27-,49?/m1/s1. The Hall–Kier alpha value is -3.89. The van der Waals surface area contributed by atoms with E-state index in [1.165, 1.54) is 38.4 Å². The minimum absolute atomic E-state index is 0.0776. The summed E-state index contributed by atoms with van der Waals surface area (Å²) in [5, 5.41) is 40.8. The zero-order valence-electron chi connectivity index (χ0n) is 26.4. The first-order chi connectivity index (χ1) is 23.9. The van der Waals surface area contributed by atoms with Gasteiger partial charge in [-0.1, -0.05) is 12.2 Å². The Labute approximate surface area is 287 Å². The molecule has 268 valence electrons. The summed E-state index contributed by atoms with van der Waals surface area (Å²) >= 11 is 4.07. The fraction of sp³-hybridized carbons (Fsp3) is 0.464. The van der Waals surface area contributed by atoms with E-state index in [1.54, 1.807) is 11.5 Å². The molecular weight excluding hydrogens is 703 g/mol. The first kappa shape index (κ1) is 35.9. The van der Waals surface area contributed by atoms with Crippen LogP contribution >= 0.6 is 19.0 Å². The van der Waals surface area contributed by atoms with E-state index < -0.39 is 74.2 Å². The van der Waals surface area contributed by atoms with Crippen molar-refractivity contribution in [1.29, 1.82) is 0 Å². The van der Waals surface area contributed by atoms with Crippen LogP contribution in [0.4, 0.5) is 5.82 Å². The SMILES string of the molecule is CO[C@H]1C(OP(=O)(S)OC[C@H]2O[C@@H](n3cnc4c(/N=C\c5c(CO)cnc(C)c5O)ncnc43)C[C@H]2O)[C@@H](CO)O[C@H]1n1ccc(=O)[nH]c1=O. The van der Waals surface area contributed by atoms with E-state index in [-0.39, 0.29) is 35.7 Å². The highest BCUT2D eigenvalue weighted by atomic mass is 32.7. The third-order valence-electron chi connectivity index (χ3n) is 8.22. The van der Waals surface area contributed by atoms with Crippen molar-refractivity contribution >= 4 is 42.2 Å². The van der Waals surface area contributed by atoms with Crippen LogP contribution < -0.4 is 11.2 Å². The lowest BCUT2D eigenvalue weighted by molar-refractivity contribution is -0.0625. The molecule has 2 unspecified atom stereocenters. The van der Waals surface area contributed by atoms with Crippen molar-refractivity contribution in [2.75, 3.05) is 20.3 Å². The number of pyridine rings is 1. The number of aliphatic hydroxyl groups is 3. The maximum Gasteiger partial charge on any atom is 0.386 e. The molecule has 0 radical (unpaired) electrons. The molecule has 6 heterocycles. The molecule has 0 aliphatic carbocycles. The minimum Gasteiger partial charge on any atom is -0.505 e. The zero-order valence-corrected chi connectivity index (χ0v) is 28.2. The molecule has 5 N–H and O–H groups in total. The summed E-state index contributed by atoms with van der Waals surface area (Å²) in [6, 6.07) is 1.10. The Morgan fingerprint density at radius 2 is 1.96 bits per heavy atom. The highest BCUT2D eigenvalue weighted by Crippen LogP contribution is 2.56. The summed E-state index contributed by atoms with van der Waals surface area (Å²) in [6.07, 6.45) is -0.704. The monoisotopic (exact) mass is 736 g/mol. The second-order valence-electron chi connectivity index (χ2n) is 11.3. The number of aromatic amines is 1.